The van der Waals surface area contributed by atoms with E-state index in [1.807, 2.05) is 30.3 Å². The van der Waals surface area contributed by atoms with Gasteiger partial charge in [0.1, 0.15) is 29.4 Å². The molecule has 0 spiro atoms. The quantitative estimate of drug-likeness (QED) is 0.256. The molecule has 2 aromatic carbocycles. The lowest BCUT2D eigenvalue weighted by Crippen LogP contribution is -2.37. The van der Waals surface area contributed by atoms with Gasteiger partial charge in [0.2, 0.25) is 0 Å². The van der Waals surface area contributed by atoms with Crippen molar-refractivity contribution >= 4 is 0 Å². The van der Waals surface area contributed by atoms with E-state index in [2.05, 4.69) is 25.1 Å². The van der Waals surface area contributed by atoms with E-state index in [1.54, 1.807) is 10.9 Å². The van der Waals surface area contributed by atoms with Gasteiger partial charge in [-0.05, 0) is 42.8 Å². The minimum Gasteiger partial charge on any atom is -0.494 e. The van der Waals surface area contributed by atoms with E-state index in [4.69, 9.17) is 14.0 Å². The standard InChI is InChI=1S/C28H26F2N6O3/c29-23-4-1-3-22(27(23)30)28-32-25-16-31-36(18-26(25)33-28)17-21-15-24(34-39-21)19-5-7-20(8-6-19)38-12-2-9-35-10-13-37-14-11-35/h1,3-8,15-16,18H,2,9-14,17H2. The van der Waals surface area contributed by atoms with Gasteiger partial charge < -0.3 is 14.0 Å². The van der Waals surface area contributed by atoms with Crippen LogP contribution in [0, 0.1) is 11.6 Å². The van der Waals surface area contributed by atoms with Crippen molar-refractivity contribution < 1.29 is 22.8 Å². The number of nitrogens with zero attached hydrogens (tertiary/aromatic N) is 6. The van der Waals surface area contributed by atoms with Crippen molar-refractivity contribution in [1.82, 2.24) is 29.8 Å². The summed E-state index contributed by atoms with van der Waals surface area (Å²) < 4.78 is 46.2. The van der Waals surface area contributed by atoms with Gasteiger partial charge in [-0.3, -0.25) is 9.58 Å². The monoisotopic (exact) mass is 532 g/mol. The van der Waals surface area contributed by atoms with Crippen molar-refractivity contribution in [1.29, 1.82) is 0 Å². The van der Waals surface area contributed by atoms with Gasteiger partial charge in [0.05, 0.1) is 37.8 Å². The van der Waals surface area contributed by atoms with Gasteiger partial charge in [0, 0.05) is 31.3 Å². The molecule has 1 saturated heterocycles. The molecule has 1 aromatic heterocycles. The van der Waals surface area contributed by atoms with Crippen LogP contribution in [0.2, 0.25) is 0 Å². The molecule has 6 rings (SSSR count). The summed E-state index contributed by atoms with van der Waals surface area (Å²) in [6.07, 6.45) is 4.17. The van der Waals surface area contributed by atoms with E-state index in [0.29, 0.717) is 36.0 Å². The Balaban J connectivity index is 1.07. The molecule has 11 heteroatoms. The molecule has 4 heterocycles. The predicted molar refractivity (Wildman–Crippen MR) is 138 cm³/mol. The Morgan fingerprint density at radius 2 is 1.77 bits per heavy atom. The lowest BCUT2D eigenvalue weighted by atomic mass is 10.1. The van der Waals surface area contributed by atoms with E-state index < -0.39 is 11.6 Å². The van der Waals surface area contributed by atoms with Crippen molar-refractivity contribution in [2.24, 2.45) is 0 Å². The lowest BCUT2D eigenvalue weighted by molar-refractivity contribution is 0.0358. The molecule has 0 bridgehead atoms. The molecule has 3 aromatic rings. The van der Waals surface area contributed by atoms with Gasteiger partial charge in [-0.1, -0.05) is 11.2 Å². The predicted octanol–water partition coefficient (Wildman–Crippen LogP) is 4.53. The van der Waals surface area contributed by atoms with Crippen LogP contribution in [0.5, 0.6) is 5.75 Å². The van der Waals surface area contributed by atoms with Crippen LogP contribution in [0.15, 0.2) is 65.4 Å². The van der Waals surface area contributed by atoms with Crippen molar-refractivity contribution in [2.75, 3.05) is 39.5 Å². The number of benzene rings is 2. The van der Waals surface area contributed by atoms with E-state index >= 15 is 0 Å². The number of hydrogen-bond donors (Lipinski definition) is 0. The van der Waals surface area contributed by atoms with Crippen LogP contribution in [0.4, 0.5) is 8.78 Å². The molecule has 3 aliphatic heterocycles. The number of ether oxygens (including phenoxy) is 2. The third kappa shape index (κ3) is 5.79. The first kappa shape index (κ1) is 25.1. The molecule has 9 nitrogen and oxygen atoms in total. The van der Waals surface area contributed by atoms with Crippen LogP contribution < -0.4 is 4.74 Å². The van der Waals surface area contributed by atoms with Crippen LogP contribution >= 0.6 is 0 Å². The maximum atomic E-state index is 14.2. The van der Waals surface area contributed by atoms with Crippen molar-refractivity contribution in [3.8, 4) is 39.8 Å². The van der Waals surface area contributed by atoms with E-state index in [-0.39, 0.29) is 11.4 Å². The van der Waals surface area contributed by atoms with Gasteiger partial charge in [-0.15, -0.1) is 0 Å². The molecule has 39 heavy (non-hydrogen) atoms. The van der Waals surface area contributed by atoms with Gasteiger partial charge in [-0.25, -0.2) is 18.7 Å². The molecule has 3 aliphatic rings. The summed E-state index contributed by atoms with van der Waals surface area (Å²) in [6, 6.07) is 13.5. The second kappa shape index (κ2) is 11.3. The van der Waals surface area contributed by atoms with Crippen LogP contribution in [-0.2, 0) is 11.3 Å². The van der Waals surface area contributed by atoms with Crippen molar-refractivity contribution in [2.45, 2.75) is 13.0 Å². The molecule has 0 radical (unpaired) electrons. The Kier molecular flexibility index (Phi) is 7.24. The van der Waals surface area contributed by atoms with E-state index in [9.17, 15) is 8.78 Å². The summed E-state index contributed by atoms with van der Waals surface area (Å²) in [5.41, 5.74) is 2.59. The second-order valence-corrected chi connectivity index (χ2v) is 9.25. The Labute approximate surface area is 223 Å². The number of halogens is 2. The summed E-state index contributed by atoms with van der Waals surface area (Å²) in [4.78, 5) is 11.0. The second-order valence-electron chi connectivity index (χ2n) is 9.25. The fourth-order valence-corrected chi connectivity index (χ4v) is 4.45. The molecular weight excluding hydrogens is 506 g/mol. The summed E-state index contributed by atoms with van der Waals surface area (Å²) in [5.74, 6) is -0.413. The number of fused-ring (bicyclic) bond motifs is 1. The maximum Gasteiger partial charge on any atom is 0.169 e. The SMILES string of the molecule is Fc1cccc(-c2nc3cnn(Cc4cc(-c5ccc(OCCCN6CCOCC6)cc5)no4)cc-3n2)c1F. The highest BCUT2D eigenvalue weighted by Crippen LogP contribution is 2.27. The van der Waals surface area contributed by atoms with Gasteiger partial charge in [-0.2, -0.15) is 5.10 Å². The zero-order valence-corrected chi connectivity index (χ0v) is 21.1. The minimum atomic E-state index is -0.980. The van der Waals surface area contributed by atoms with E-state index in [0.717, 1.165) is 56.6 Å². The molecule has 1 fully saturated rings. The maximum absolute atomic E-state index is 14.2. The number of aromatic nitrogens is 5. The molecular formula is C28H26F2N6O3. The Hall–Kier alpha value is -4.22. The summed E-state index contributed by atoms with van der Waals surface area (Å²) in [7, 11) is 0. The van der Waals surface area contributed by atoms with Crippen LogP contribution in [-0.4, -0.2) is 69.3 Å². The summed E-state index contributed by atoms with van der Waals surface area (Å²) in [6.45, 7) is 5.56. The minimum absolute atomic E-state index is 0.00188. The first-order valence-electron chi connectivity index (χ1n) is 12.8. The Morgan fingerprint density at radius 3 is 2.62 bits per heavy atom. The van der Waals surface area contributed by atoms with Gasteiger partial charge in [0.25, 0.3) is 0 Å². The number of morpholine rings is 1. The topological polar surface area (TPSA) is 91.3 Å². The van der Waals surface area contributed by atoms with E-state index in [1.165, 1.54) is 18.3 Å². The number of hydrogen-bond acceptors (Lipinski definition) is 8. The molecule has 0 unspecified atom stereocenters. The number of imidazole rings is 1. The molecule has 0 atom stereocenters. The van der Waals surface area contributed by atoms with Gasteiger partial charge >= 0.3 is 0 Å². The highest BCUT2D eigenvalue weighted by molar-refractivity contribution is 5.65. The summed E-state index contributed by atoms with van der Waals surface area (Å²) in [5, 5.41) is 8.53. The average molecular weight is 533 g/mol. The lowest BCUT2D eigenvalue weighted by Gasteiger charge is -2.26. The summed E-state index contributed by atoms with van der Waals surface area (Å²) >= 11 is 0. The largest absolute Gasteiger partial charge is 0.494 e. The zero-order valence-electron chi connectivity index (χ0n) is 21.1. The first-order valence-corrected chi connectivity index (χ1v) is 12.8. The average Bonchev–Trinajstić information content (AvgIpc) is 3.60. The van der Waals surface area contributed by atoms with Crippen LogP contribution in [0.1, 0.15) is 12.2 Å². The molecule has 0 saturated carbocycles. The third-order valence-corrected chi connectivity index (χ3v) is 6.53. The van der Waals surface area contributed by atoms with Crippen LogP contribution in [0.25, 0.3) is 34.0 Å². The first-order chi connectivity index (χ1) is 19.1. The zero-order chi connectivity index (χ0) is 26.6. The third-order valence-electron chi connectivity index (χ3n) is 6.53. The van der Waals surface area contributed by atoms with Crippen molar-refractivity contribution in [3.05, 3.63) is 78.3 Å². The Morgan fingerprint density at radius 1 is 0.949 bits per heavy atom. The number of rotatable bonds is 9. The fraction of sp³-hybridized carbons (Fsp3) is 0.286. The normalized spacial score (nSPS) is 14.2. The molecule has 0 aliphatic carbocycles. The van der Waals surface area contributed by atoms with Crippen molar-refractivity contribution in [3.63, 3.8) is 0 Å². The van der Waals surface area contributed by atoms with Crippen LogP contribution in [0.3, 0.4) is 0 Å². The smallest absolute Gasteiger partial charge is 0.169 e. The molecule has 0 N–H and O–H groups in total. The molecule has 0 amide bonds. The fourth-order valence-electron chi connectivity index (χ4n) is 4.45. The highest BCUT2D eigenvalue weighted by Gasteiger charge is 2.18. The molecule has 200 valence electrons. The Bertz CT molecular complexity index is 1510. The van der Waals surface area contributed by atoms with Gasteiger partial charge in [0.15, 0.2) is 23.2 Å². The highest BCUT2D eigenvalue weighted by atomic mass is 19.2.